The SMILES string of the molecule is [3H][C@H](C)[C@]12CO[C@H]([C@H](C)O1)[C@@H]2[3H]. The molecule has 0 aromatic heterocycles. The highest BCUT2D eigenvalue weighted by molar-refractivity contribution is 4.98. The lowest BCUT2D eigenvalue weighted by atomic mass is 10.00. The second-order valence-corrected chi connectivity index (χ2v) is 3.01. The van der Waals surface area contributed by atoms with E-state index in [4.69, 9.17) is 12.2 Å². The fraction of sp³-hybridized carbons (Fsp3) is 1.00. The van der Waals surface area contributed by atoms with Crippen molar-refractivity contribution < 1.29 is 12.2 Å². The van der Waals surface area contributed by atoms with E-state index in [9.17, 15) is 0 Å². The van der Waals surface area contributed by atoms with Crippen LogP contribution in [-0.4, -0.2) is 24.4 Å². The van der Waals surface area contributed by atoms with Gasteiger partial charge in [0.05, 0.1) is 24.4 Å². The van der Waals surface area contributed by atoms with Gasteiger partial charge < -0.3 is 9.47 Å². The minimum absolute atomic E-state index is 0.0194. The van der Waals surface area contributed by atoms with E-state index < -0.39 is 5.60 Å². The topological polar surface area (TPSA) is 18.5 Å². The summed E-state index contributed by atoms with van der Waals surface area (Å²) in [4.78, 5) is 0. The van der Waals surface area contributed by atoms with Gasteiger partial charge in [0, 0.05) is 9.14 Å². The highest BCUT2D eigenvalue weighted by Gasteiger charge is 2.50. The number of hydrogen-bond donors (Lipinski definition) is 0. The monoisotopic (exact) mass is 146 g/mol. The molecule has 0 unspecified atom stereocenters. The maximum absolute atomic E-state index is 7.85. The van der Waals surface area contributed by atoms with Gasteiger partial charge in [-0.1, -0.05) is 6.92 Å². The first-order valence-corrected chi connectivity index (χ1v) is 3.72. The van der Waals surface area contributed by atoms with Crippen molar-refractivity contribution in [2.24, 2.45) is 0 Å². The Labute approximate surface area is 64.3 Å². The molecule has 58 valence electrons. The molecule has 2 nitrogen and oxygen atoms in total. The van der Waals surface area contributed by atoms with E-state index in [-0.39, 0.29) is 25.0 Å². The van der Waals surface area contributed by atoms with Gasteiger partial charge in [0.2, 0.25) is 0 Å². The van der Waals surface area contributed by atoms with Gasteiger partial charge >= 0.3 is 0 Å². The summed E-state index contributed by atoms with van der Waals surface area (Å²) in [6, 6.07) is 0. The zero-order valence-electron chi connectivity index (χ0n) is 8.33. The molecule has 2 heteroatoms. The molecule has 0 N–H and O–H groups in total. The third kappa shape index (κ3) is 0.722. The Hall–Kier alpha value is -0.0800. The van der Waals surface area contributed by atoms with E-state index in [0.717, 1.165) is 0 Å². The van der Waals surface area contributed by atoms with Crippen molar-refractivity contribution in [2.45, 2.75) is 44.5 Å². The summed E-state index contributed by atoms with van der Waals surface area (Å²) in [5, 5.41) is 0. The second kappa shape index (κ2) is 1.95. The Morgan fingerprint density at radius 2 is 2.70 bits per heavy atom. The van der Waals surface area contributed by atoms with Crippen molar-refractivity contribution >= 4 is 0 Å². The van der Waals surface area contributed by atoms with E-state index >= 15 is 0 Å². The highest BCUT2D eigenvalue weighted by atomic mass is 16.6. The molecule has 2 bridgehead atoms. The van der Waals surface area contributed by atoms with Crippen LogP contribution in [0.3, 0.4) is 0 Å². The Morgan fingerprint density at radius 1 is 1.90 bits per heavy atom. The molecule has 2 fully saturated rings. The molecule has 2 heterocycles. The van der Waals surface area contributed by atoms with Gasteiger partial charge in [0.1, 0.15) is 0 Å². The van der Waals surface area contributed by atoms with Crippen LogP contribution in [0.1, 0.15) is 29.4 Å². The molecule has 2 rings (SSSR count). The summed E-state index contributed by atoms with van der Waals surface area (Å²) in [6.07, 6.45) is -0.887. The molecule has 0 spiro atoms. The van der Waals surface area contributed by atoms with Crippen LogP contribution in [0, 0.1) is 0 Å². The van der Waals surface area contributed by atoms with E-state index in [1.54, 1.807) is 6.92 Å². The van der Waals surface area contributed by atoms with Gasteiger partial charge in [0.15, 0.2) is 0 Å². The Bertz CT molecular complexity index is 197. The maximum atomic E-state index is 7.85. The molecule has 10 heavy (non-hydrogen) atoms. The molecule has 2 saturated heterocycles. The van der Waals surface area contributed by atoms with Gasteiger partial charge in [-0.25, -0.2) is 0 Å². The third-order valence-corrected chi connectivity index (χ3v) is 2.30. The molecule has 0 aromatic carbocycles. The molecule has 0 saturated carbocycles. The lowest BCUT2D eigenvalue weighted by Gasteiger charge is -2.27. The summed E-state index contributed by atoms with van der Waals surface area (Å²) < 4.78 is 26.5. The van der Waals surface area contributed by atoms with E-state index in [0.29, 0.717) is 6.61 Å². The van der Waals surface area contributed by atoms with Gasteiger partial charge in [-0.05, 0) is 13.3 Å². The van der Waals surface area contributed by atoms with E-state index in [2.05, 4.69) is 0 Å². The summed E-state index contributed by atoms with van der Waals surface area (Å²) in [5.41, 5.74) is -0.649. The molecule has 2 aliphatic rings. The van der Waals surface area contributed by atoms with Crippen LogP contribution < -0.4 is 0 Å². The first-order valence-electron chi connectivity index (χ1n) is 4.87. The maximum Gasteiger partial charge on any atom is 0.0942 e. The summed E-state index contributed by atoms with van der Waals surface area (Å²) in [6.45, 7) is 4.10. The number of fused-ring (bicyclic) bond motifs is 2. The van der Waals surface area contributed by atoms with Crippen LogP contribution in [0.25, 0.3) is 0 Å². The van der Waals surface area contributed by atoms with E-state index in [1.807, 2.05) is 6.92 Å². The Kier molecular flexibility index (Phi) is 0.924. The molecule has 2 aliphatic heterocycles. The Morgan fingerprint density at radius 3 is 3.00 bits per heavy atom. The average molecular weight is 146 g/mol. The van der Waals surface area contributed by atoms with Gasteiger partial charge in [-0.15, -0.1) is 0 Å². The number of hydrogen-bond acceptors (Lipinski definition) is 2. The van der Waals surface area contributed by atoms with E-state index in [1.165, 1.54) is 0 Å². The van der Waals surface area contributed by atoms with Gasteiger partial charge in [-0.3, -0.25) is 0 Å². The van der Waals surface area contributed by atoms with Crippen molar-refractivity contribution in [2.75, 3.05) is 6.61 Å². The van der Waals surface area contributed by atoms with Crippen molar-refractivity contribution in [3.05, 3.63) is 0 Å². The largest absolute Gasteiger partial charge is 0.372 e. The van der Waals surface area contributed by atoms with Crippen molar-refractivity contribution in [3.8, 4) is 0 Å². The van der Waals surface area contributed by atoms with Crippen LogP contribution in [0.5, 0.6) is 0 Å². The van der Waals surface area contributed by atoms with Crippen molar-refractivity contribution in [3.63, 3.8) is 0 Å². The summed E-state index contributed by atoms with van der Waals surface area (Å²) >= 11 is 0. The predicted octanol–water partition coefficient (Wildman–Crippen LogP) is 1.34. The Balaban J connectivity index is 2.27. The van der Waals surface area contributed by atoms with Crippen LogP contribution in [-0.2, 0) is 9.47 Å². The van der Waals surface area contributed by atoms with Gasteiger partial charge in [-0.2, -0.15) is 0 Å². The first-order chi connectivity index (χ1) is 5.58. The first kappa shape index (κ1) is 4.73. The zero-order chi connectivity index (χ0) is 8.93. The third-order valence-electron chi connectivity index (χ3n) is 2.30. The zero-order valence-corrected chi connectivity index (χ0v) is 6.33. The fourth-order valence-corrected chi connectivity index (χ4v) is 1.61. The minimum atomic E-state index is -0.649. The second-order valence-electron chi connectivity index (χ2n) is 3.01. The highest BCUT2D eigenvalue weighted by Crippen LogP contribution is 2.41. The lowest BCUT2D eigenvalue weighted by molar-refractivity contribution is -0.135. The molecular weight excluding hydrogens is 128 g/mol. The van der Waals surface area contributed by atoms with Crippen LogP contribution in [0.2, 0.25) is 0 Å². The smallest absolute Gasteiger partial charge is 0.0942 e. The van der Waals surface area contributed by atoms with Crippen LogP contribution in [0.4, 0.5) is 0 Å². The number of rotatable bonds is 1. The molecule has 5 atom stereocenters. The normalized spacial score (nSPS) is 65.6. The molecule has 0 radical (unpaired) electrons. The van der Waals surface area contributed by atoms with Crippen LogP contribution in [0.15, 0.2) is 0 Å². The summed E-state index contributed by atoms with van der Waals surface area (Å²) in [7, 11) is 0. The average Bonchev–Trinajstić information content (AvgIpc) is 2.42. The molecule has 0 aromatic rings. The standard InChI is InChI=1S/C8H14O2/c1-3-8-4-7(9-5-8)6(2)10-8/h6-7H,3-5H2,1-2H3/t6-,7-,8-/m0/s1/i3T,4T/t3-,4+,6+,7+,8+/m1. The van der Waals surface area contributed by atoms with Crippen LogP contribution >= 0.6 is 0 Å². The quantitative estimate of drug-likeness (QED) is 0.556. The molecular formula is C8H14O2. The van der Waals surface area contributed by atoms with Crippen molar-refractivity contribution in [1.29, 1.82) is 0 Å². The summed E-state index contributed by atoms with van der Waals surface area (Å²) in [5.74, 6) is 0. The molecule has 0 aliphatic carbocycles. The van der Waals surface area contributed by atoms with Crippen molar-refractivity contribution in [1.82, 2.24) is 0 Å². The number of ether oxygens (including phenoxy) is 2. The molecule has 0 amide bonds. The minimum Gasteiger partial charge on any atom is -0.372 e. The van der Waals surface area contributed by atoms with Gasteiger partial charge in [0.25, 0.3) is 0 Å². The fourth-order valence-electron chi connectivity index (χ4n) is 1.61. The lowest BCUT2D eigenvalue weighted by Crippen LogP contribution is -2.35. The predicted molar refractivity (Wildman–Crippen MR) is 37.9 cm³/mol.